The fourth-order valence-corrected chi connectivity index (χ4v) is 1.37. The largest absolute Gasteiger partial charge is 0.394 e. The molecule has 2 N–H and O–H groups in total. The quantitative estimate of drug-likeness (QED) is 0.711. The molecule has 0 heterocycles. The zero-order chi connectivity index (χ0) is 12.1. The van der Waals surface area contributed by atoms with Gasteiger partial charge in [-0.1, -0.05) is 34.6 Å². The van der Waals surface area contributed by atoms with E-state index in [1.54, 1.807) is 0 Å². The third-order valence-corrected chi connectivity index (χ3v) is 3.46. The first kappa shape index (κ1) is 14.4. The molecule has 90 valence electrons. The first-order chi connectivity index (χ1) is 6.92. The lowest BCUT2D eigenvalue weighted by molar-refractivity contribution is -0.128. The van der Waals surface area contributed by atoms with Crippen LogP contribution in [-0.2, 0) is 4.79 Å². The Bertz CT molecular complexity index is 190. The van der Waals surface area contributed by atoms with Crippen molar-refractivity contribution in [3.8, 4) is 0 Å². The molecule has 0 bridgehead atoms. The van der Waals surface area contributed by atoms with Crippen LogP contribution < -0.4 is 5.32 Å². The second kappa shape index (κ2) is 6.11. The molecule has 0 aliphatic carbocycles. The summed E-state index contributed by atoms with van der Waals surface area (Å²) in [5.74, 6) is 0.367. The molecule has 15 heavy (non-hydrogen) atoms. The predicted octanol–water partition coefficient (Wildman–Crippen LogP) is 1.95. The van der Waals surface area contributed by atoms with Gasteiger partial charge in [-0.15, -0.1) is 0 Å². The Morgan fingerprint density at radius 3 is 2.00 bits per heavy atom. The summed E-state index contributed by atoms with van der Waals surface area (Å²) in [7, 11) is 0. The summed E-state index contributed by atoms with van der Waals surface area (Å²) < 4.78 is 0. The fourth-order valence-electron chi connectivity index (χ4n) is 1.37. The van der Waals surface area contributed by atoms with Crippen molar-refractivity contribution >= 4 is 5.91 Å². The summed E-state index contributed by atoms with van der Waals surface area (Å²) in [5.41, 5.74) is -0.430. The minimum absolute atomic E-state index is 0.00553. The average Bonchev–Trinajstić information content (AvgIpc) is 2.24. The molecular formula is C12H25NO2. The van der Waals surface area contributed by atoms with Crippen LogP contribution in [0.2, 0.25) is 0 Å². The third kappa shape index (κ3) is 3.82. The van der Waals surface area contributed by atoms with Gasteiger partial charge in [-0.2, -0.15) is 0 Å². The van der Waals surface area contributed by atoms with E-state index in [9.17, 15) is 9.90 Å². The van der Waals surface area contributed by atoms with Gasteiger partial charge in [0, 0.05) is 5.92 Å². The number of rotatable bonds is 6. The van der Waals surface area contributed by atoms with Crippen LogP contribution in [0.15, 0.2) is 0 Å². The van der Waals surface area contributed by atoms with Crippen molar-refractivity contribution in [1.29, 1.82) is 0 Å². The molecular weight excluding hydrogens is 190 g/mol. The van der Waals surface area contributed by atoms with E-state index >= 15 is 0 Å². The van der Waals surface area contributed by atoms with E-state index in [2.05, 4.69) is 5.32 Å². The molecule has 0 aromatic heterocycles. The molecule has 0 saturated heterocycles. The van der Waals surface area contributed by atoms with Gasteiger partial charge in [0.1, 0.15) is 0 Å². The Balaban J connectivity index is 4.48. The molecule has 3 nitrogen and oxygen atoms in total. The highest BCUT2D eigenvalue weighted by molar-refractivity contribution is 5.79. The van der Waals surface area contributed by atoms with Crippen LogP contribution in [0.25, 0.3) is 0 Å². The van der Waals surface area contributed by atoms with Crippen molar-refractivity contribution < 1.29 is 9.90 Å². The lowest BCUT2D eigenvalue weighted by Crippen LogP contribution is -2.52. The lowest BCUT2D eigenvalue weighted by atomic mass is 9.91. The Morgan fingerprint density at radius 1 is 1.27 bits per heavy atom. The van der Waals surface area contributed by atoms with Gasteiger partial charge in [-0.25, -0.2) is 0 Å². The van der Waals surface area contributed by atoms with Crippen LogP contribution in [0.5, 0.6) is 0 Å². The Morgan fingerprint density at radius 2 is 1.73 bits per heavy atom. The van der Waals surface area contributed by atoms with Gasteiger partial charge in [0.15, 0.2) is 0 Å². The van der Waals surface area contributed by atoms with Crippen molar-refractivity contribution in [3.05, 3.63) is 0 Å². The number of aliphatic hydroxyl groups excluding tert-OH is 1. The van der Waals surface area contributed by atoms with E-state index in [4.69, 9.17) is 0 Å². The lowest BCUT2D eigenvalue weighted by Gasteiger charge is -2.32. The van der Waals surface area contributed by atoms with Gasteiger partial charge < -0.3 is 10.4 Å². The van der Waals surface area contributed by atoms with Crippen molar-refractivity contribution in [3.63, 3.8) is 0 Å². The molecule has 0 aromatic carbocycles. The Kier molecular flexibility index (Phi) is 5.88. The second-order valence-corrected chi connectivity index (χ2v) is 4.67. The minimum Gasteiger partial charge on any atom is -0.394 e. The summed E-state index contributed by atoms with van der Waals surface area (Å²) in [6, 6.07) is 0. The van der Waals surface area contributed by atoms with Crippen molar-refractivity contribution in [1.82, 2.24) is 5.32 Å². The molecule has 3 heteroatoms. The van der Waals surface area contributed by atoms with E-state index in [-0.39, 0.29) is 18.4 Å². The molecule has 1 amide bonds. The van der Waals surface area contributed by atoms with Crippen molar-refractivity contribution in [2.24, 2.45) is 11.8 Å². The smallest absolute Gasteiger partial charge is 0.223 e. The number of hydrogen-bond donors (Lipinski definition) is 2. The number of aliphatic hydroxyl groups is 1. The molecule has 0 fully saturated rings. The van der Waals surface area contributed by atoms with Gasteiger partial charge in [0.05, 0.1) is 12.1 Å². The molecule has 0 spiro atoms. The van der Waals surface area contributed by atoms with Crippen molar-refractivity contribution in [2.45, 2.75) is 53.0 Å². The van der Waals surface area contributed by atoms with E-state index in [1.165, 1.54) is 0 Å². The maximum absolute atomic E-state index is 11.9. The molecule has 0 aliphatic rings. The maximum Gasteiger partial charge on any atom is 0.223 e. The molecule has 0 aromatic rings. The van der Waals surface area contributed by atoms with Gasteiger partial charge in [-0.3, -0.25) is 4.79 Å². The number of amides is 1. The number of hydrogen-bond acceptors (Lipinski definition) is 2. The van der Waals surface area contributed by atoms with Crippen LogP contribution in [0, 0.1) is 11.8 Å². The van der Waals surface area contributed by atoms with Crippen LogP contribution >= 0.6 is 0 Å². The van der Waals surface area contributed by atoms with Crippen LogP contribution in [-0.4, -0.2) is 23.2 Å². The minimum atomic E-state index is -0.430. The predicted molar refractivity (Wildman–Crippen MR) is 62.5 cm³/mol. The molecule has 0 radical (unpaired) electrons. The van der Waals surface area contributed by atoms with Crippen LogP contribution in [0.1, 0.15) is 47.5 Å². The van der Waals surface area contributed by atoms with E-state index in [1.807, 2.05) is 34.6 Å². The molecule has 0 saturated carbocycles. The van der Waals surface area contributed by atoms with Crippen molar-refractivity contribution in [2.75, 3.05) is 6.61 Å². The fraction of sp³-hybridized carbons (Fsp3) is 0.917. The topological polar surface area (TPSA) is 49.3 Å². The van der Waals surface area contributed by atoms with Gasteiger partial charge in [-0.05, 0) is 18.8 Å². The Hall–Kier alpha value is -0.570. The zero-order valence-electron chi connectivity index (χ0n) is 10.6. The molecule has 0 rings (SSSR count). The van der Waals surface area contributed by atoms with Crippen LogP contribution in [0.4, 0.5) is 0 Å². The second-order valence-electron chi connectivity index (χ2n) is 4.67. The zero-order valence-corrected chi connectivity index (χ0v) is 10.6. The van der Waals surface area contributed by atoms with Gasteiger partial charge in [0.25, 0.3) is 0 Å². The summed E-state index contributed by atoms with van der Waals surface area (Å²) >= 11 is 0. The number of carbonyl (C=O) groups is 1. The first-order valence-electron chi connectivity index (χ1n) is 5.85. The van der Waals surface area contributed by atoms with E-state index in [0.29, 0.717) is 5.92 Å². The van der Waals surface area contributed by atoms with E-state index < -0.39 is 5.54 Å². The van der Waals surface area contributed by atoms with E-state index in [0.717, 1.165) is 12.8 Å². The van der Waals surface area contributed by atoms with Gasteiger partial charge in [0.2, 0.25) is 5.91 Å². The maximum atomic E-state index is 11.9. The number of nitrogens with one attached hydrogen (secondary N) is 1. The van der Waals surface area contributed by atoms with Crippen LogP contribution in [0.3, 0.4) is 0 Å². The molecule has 0 aliphatic heterocycles. The summed E-state index contributed by atoms with van der Waals surface area (Å²) in [5, 5.41) is 12.3. The molecule has 1 atom stereocenters. The Labute approximate surface area is 93.3 Å². The summed E-state index contributed by atoms with van der Waals surface area (Å²) in [6.07, 6.45) is 1.52. The monoisotopic (exact) mass is 215 g/mol. The number of carbonyl (C=O) groups excluding carboxylic acids is 1. The first-order valence-corrected chi connectivity index (χ1v) is 5.85. The highest BCUT2D eigenvalue weighted by atomic mass is 16.3. The highest BCUT2D eigenvalue weighted by Crippen LogP contribution is 2.17. The standard InChI is InChI=1S/C12H25NO2/c1-6-12(7-2,8-14)13-11(15)10(5)9(3)4/h9-10,14H,6-8H2,1-5H3,(H,13,15). The summed E-state index contributed by atoms with van der Waals surface area (Å²) in [4.78, 5) is 11.9. The third-order valence-electron chi connectivity index (χ3n) is 3.46. The SMILES string of the molecule is CCC(CC)(CO)NC(=O)C(C)C(C)C. The average molecular weight is 215 g/mol. The van der Waals surface area contributed by atoms with Gasteiger partial charge >= 0.3 is 0 Å². The molecule has 1 unspecified atom stereocenters. The summed E-state index contributed by atoms with van der Waals surface area (Å²) in [6.45, 7) is 9.97. The highest BCUT2D eigenvalue weighted by Gasteiger charge is 2.29. The normalized spacial score (nSPS) is 14.1.